The number of nitrogens with one attached hydrogen (secondary N) is 2. The molecule has 2 N–H and O–H groups in total. The van der Waals surface area contributed by atoms with E-state index >= 15 is 0 Å². The third kappa shape index (κ3) is 7.09. The highest BCUT2D eigenvalue weighted by atomic mass is 35.5. The number of thioether (sulfide) groups is 1. The number of amides is 2. The van der Waals surface area contributed by atoms with Crippen molar-refractivity contribution in [3.63, 3.8) is 0 Å². The fourth-order valence-electron chi connectivity index (χ4n) is 3.21. The second-order valence-corrected chi connectivity index (χ2v) is 9.22. The molecule has 0 bridgehead atoms. The molecule has 1 heterocycles. The molecule has 2 aromatic carbocycles. The first kappa shape index (κ1) is 25.8. The summed E-state index contributed by atoms with van der Waals surface area (Å²) in [6, 6.07) is 14.2. The fraction of sp³-hybridized carbons (Fsp3) is 0.250. The van der Waals surface area contributed by atoms with Crippen LogP contribution in [0.5, 0.6) is 0 Å². The van der Waals surface area contributed by atoms with Crippen LogP contribution in [0.4, 0.5) is 0 Å². The Morgan fingerprint density at radius 1 is 1.18 bits per heavy atom. The Labute approximate surface area is 212 Å². The van der Waals surface area contributed by atoms with Crippen LogP contribution in [0.2, 0.25) is 10.0 Å². The Hall–Kier alpha value is -2.81. The highest BCUT2D eigenvalue weighted by Crippen LogP contribution is 2.23. The molecule has 0 aliphatic carbocycles. The standard InChI is InChI=1S/C24H25Cl2N5O2S/c1-3-13-31-22(16(2)28-23(33)19-10-9-18(25)14-20(19)26)29-30-24(31)34-15-21(32)27-12-11-17-7-5-4-6-8-17/h3-10,14,16H,1,11-13,15H2,2H3,(H,27,32)(H,28,33). The van der Waals surface area contributed by atoms with Crippen molar-refractivity contribution in [1.82, 2.24) is 25.4 Å². The first-order chi connectivity index (χ1) is 16.4. The zero-order chi connectivity index (χ0) is 24.5. The van der Waals surface area contributed by atoms with Crippen LogP contribution in [0.15, 0.2) is 66.3 Å². The van der Waals surface area contributed by atoms with Gasteiger partial charge in [0.25, 0.3) is 5.91 Å². The van der Waals surface area contributed by atoms with Crippen molar-refractivity contribution in [3.05, 3.63) is 88.2 Å². The third-order valence-corrected chi connectivity index (χ3v) is 6.39. The molecule has 0 spiro atoms. The number of nitrogens with zero attached hydrogens (tertiary/aromatic N) is 3. The van der Waals surface area contributed by atoms with Crippen molar-refractivity contribution < 1.29 is 9.59 Å². The van der Waals surface area contributed by atoms with Crippen LogP contribution < -0.4 is 10.6 Å². The normalized spacial score (nSPS) is 11.6. The van der Waals surface area contributed by atoms with Crippen LogP contribution >= 0.6 is 35.0 Å². The molecule has 34 heavy (non-hydrogen) atoms. The Kier molecular flexibility index (Phi) is 9.56. The largest absolute Gasteiger partial charge is 0.355 e. The lowest BCUT2D eigenvalue weighted by molar-refractivity contribution is -0.118. The van der Waals surface area contributed by atoms with E-state index < -0.39 is 6.04 Å². The van der Waals surface area contributed by atoms with Crippen molar-refractivity contribution in [2.45, 2.75) is 31.1 Å². The topological polar surface area (TPSA) is 88.9 Å². The van der Waals surface area contributed by atoms with E-state index in [4.69, 9.17) is 23.2 Å². The highest BCUT2D eigenvalue weighted by Gasteiger charge is 2.21. The summed E-state index contributed by atoms with van der Waals surface area (Å²) in [7, 11) is 0. The summed E-state index contributed by atoms with van der Waals surface area (Å²) in [4.78, 5) is 25.0. The van der Waals surface area contributed by atoms with Crippen LogP contribution in [0.1, 0.15) is 34.7 Å². The SMILES string of the molecule is C=CCn1c(SCC(=O)NCCc2ccccc2)nnc1C(C)NC(=O)c1ccc(Cl)cc1Cl. The Morgan fingerprint density at radius 3 is 2.65 bits per heavy atom. The summed E-state index contributed by atoms with van der Waals surface area (Å²) < 4.78 is 1.82. The maximum absolute atomic E-state index is 12.7. The minimum absolute atomic E-state index is 0.0886. The Balaban J connectivity index is 1.59. The van der Waals surface area contributed by atoms with E-state index in [0.29, 0.717) is 34.7 Å². The molecule has 7 nitrogen and oxygen atoms in total. The van der Waals surface area contributed by atoms with Crippen molar-refractivity contribution in [3.8, 4) is 0 Å². The first-order valence-corrected chi connectivity index (χ1v) is 12.4. The van der Waals surface area contributed by atoms with Crippen LogP contribution in [-0.4, -0.2) is 38.9 Å². The quantitative estimate of drug-likeness (QED) is 0.284. The van der Waals surface area contributed by atoms with Gasteiger partial charge in [-0.05, 0) is 37.1 Å². The average Bonchev–Trinajstić information content (AvgIpc) is 3.21. The summed E-state index contributed by atoms with van der Waals surface area (Å²) in [6.07, 6.45) is 2.48. The number of benzene rings is 2. The van der Waals surface area contributed by atoms with E-state index in [1.807, 2.05) is 34.9 Å². The van der Waals surface area contributed by atoms with Gasteiger partial charge in [0.15, 0.2) is 11.0 Å². The van der Waals surface area contributed by atoms with Crippen LogP contribution in [0, 0.1) is 0 Å². The molecular formula is C24H25Cl2N5O2S. The fourth-order valence-corrected chi connectivity index (χ4v) is 4.49. The van der Waals surface area contributed by atoms with Gasteiger partial charge in [0.1, 0.15) is 0 Å². The third-order valence-electron chi connectivity index (χ3n) is 4.88. The molecular weight excluding hydrogens is 493 g/mol. The molecule has 3 aromatic rings. The van der Waals surface area contributed by atoms with Crippen molar-refractivity contribution >= 4 is 46.8 Å². The number of carbonyl (C=O) groups is 2. The molecule has 0 aliphatic rings. The molecule has 3 rings (SSSR count). The number of hydrogen-bond donors (Lipinski definition) is 2. The average molecular weight is 518 g/mol. The van der Waals surface area contributed by atoms with Crippen molar-refractivity contribution in [2.75, 3.05) is 12.3 Å². The van der Waals surface area contributed by atoms with Gasteiger partial charge in [-0.2, -0.15) is 0 Å². The monoisotopic (exact) mass is 517 g/mol. The van der Waals surface area contributed by atoms with Gasteiger partial charge in [0.05, 0.1) is 22.4 Å². The summed E-state index contributed by atoms with van der Waals surface area (Å²) in [6.45, 7) is 6.58. The first-order valence-electron chi connectivity index (χ1n) is 10.6. The molecule has 0 saturated heterocycles. The maximum Gasteiger partial charge on any atom is 0.253 e. The Bertz CT molecular complexity index is 1150. The Morgan fingerprint density at radius 2 is 1.94 bits per heavy atom. The number of hydrogen-bond acceptors (Lipinski definition) is 5. The van der Waals surface area contributed by atoms with Gasteiger partial charge in [-0.1, -0.05) is 71.4 Å². The summed E-state index contributed by atoms with van der Waals surface area (Å²) in [5.41, 5.74) is 1.48. The summed E-state index contributed by atoms with van der Waals surface area (Å²) in [5, 5.41) is 15.5. The van der Waals surface area contributed by atoms with Crippen molar-refractivity contribution in [1.29, 1.82) is 0 Å². The molecule has 1 aromatic heterocycles. The summed E-state index contributed by atoms with van der Waals surface area (Å²) >= 11 is 13.3. The maximum atomic E-state index is 12.7. The zero-order valence-corrected chi connectivity index (χ0v) is 21.0. The van der Waals surface area contributed by atoms with Gasteiger partial charge in [0, 0.05) is 18.1 Å². The molecule has 0 fully saturated rings. The molecule has 1 unspecified atom stereocenters. The predicted molar refractivity (Wildman–Crippen MR) is 136 cm³/mol. The minimum atomic E-state index is -0.458. The van der Waals surface area contributed by atoms with Gasteiger partial charge in [0.2, 0.25) is 5.91 Å². The van der Waals surface area contributed by atoms with Gasteiger partial charge in [-0.15, -0.1) is 16.8 Å². The van der Waals surface area contributed by atoms with E-state index in [2.05, 4.69) is 27.4 Å². The van der Waals surface area contributed by atoms with E-state index in [1.54, 1.807) is 25.1 Å². The smallest absolute Gasteiger partial charge is 0.253 e. The molecule has 0 saturated carbocycles. The lowest BCUT2D eigenvalue weighted by atomic mass is 10.1. The number of carbonyl (C=O) groups excluding carboxylic acids is 2. The number of halogens is 2. The highest BCUT2D eigenvalue weighted by molar-refractivity contribution is 7.99. The van der Waals surface area contributed by atoms with Gasteiger partial charge >= 0.3 is 0 Å². The van der Waals surface area contributed by atoms with Crippen LogP contribution in [0.3, 0.4) is 0 Å². The number of rotatable bonds is 11. The lowest BCUT2D eigenvalue weighted by Gasteiger charge is -2.16. The van der Waals surface area contributed by atoms with Gasteiger partial charge in [-0.25, -0.2) is 0 Å². The summed E-state index contributed by atoms with van der Waals surface area (Å²) in [5.74, 6) is 0.305. The van der Waals surface area contributed by atoms with Crippen LogP contribution in [0.25, 0.3) is 0 Å². The second-order valence-electron chi connectivity index (χ2n) is 7.43. The molecule has 2 amide bonds. The lowest BCUT2D eigenvalue weighted by Crippen LogP contribution is -2.29. The second kappa shape index (κ2) is 12.6. The number of allylic oxidation sites excluding steroid dienone is 1. The number of aromatic nitrogens is 3. The van der Waals surface area contributed by atoms with E-state index in [-0.39, 0.29) is 22.6 Å². The van der Waals surface area contributed by atoms with Crippen LogP contribution in [-0.2, 0) is 17.8 Å². The van der Waals surface area contributed by atoms with E-state index in [0.717, 1.165) is 6.42 Å². The van der Waals surface area contributed by atoms with Gasteiger partial charge < -0.3 is 15.2 Å². The minimum Gasteiger partial charge on any atom is -0.355 e. The van der Waals surface area contributed by atoms with Crippen molar-refractivity contribution in [2.24, 2.45) is 0 Å². The zero-order valence-electron chi connectivity index (χ0n) is 18.6. The molecule has 1 atom stereocenters. The predicted octanol–water partition coefficient (Wildman–Crippen LogP) is 4.71. The molecule has 0 radical (unpaired) electrons. The van der Waals surface area contributed by atoms with E-state index in [1.165, 1.54) is 23.4 Å². The van der Waals surface area contributed by atoms with Gasteiger partial charge in [-0.3, -0.25) is 9.59 Å². The molecule has 178 valence electrons. The van der Waals surface area contributed by atoms with E-state index in [9.17, 15) is 9.59 Å². The molecule has 10 heteroatoms. The molecule has 0 aliphatic heterocycles.